The molecule has 1 atom stereocenters. The third-order valence-corrected chi connectivity index (χ3v) is 3.14. The molecule has 1 aromatic carbocycles. The Morgan fingerprint density at radius 3 is 2.86 bits per heavy atom. The van der Waals surface area contributed by atoms with Crippen LogP contribution in [-0.2, 0) is 5.41 Å². The van der Waals surface area contributed by atoms with Crippen LogP contribution in [0.2, 0.25) is 0 Å². The van der Waals surface area contributed by atoms with Crippen molar-refractivity contribution in [2.75, 3.05) is 0 Å². The summed E-state index contributed by atoms with van der Waals surface area (Å²) in [7, 11) is 0. The van der Waals surface area contributed by atoms with Crippen LogP contribution in [0.5, 0.6) is 0 Å². The second-order valence-corrected chi connectivity index (χ2v) is 4.04. The number of hydrogen-bond donors (Lipinski definition) is 0. The minimum atomic E-state index is 0.0678. The van der Waals surface area contributed by atoms with Gasteiger partial charge in [0.2, 0.25) is 0 Å². The van der Waals surface area contributed by atoms with Gasteiger partial charge in [0.15, 0.2) is 0 Å². The SMILES string of the molecule is C=CCC1(C)C(C)=Nc2ccccc21. The van der Waals surface area contributed by atoms with E-state index < -0.39 is 0 Å². The van der Waals surface area contributed by atoms with Crippen molar-refractivity contribution < 1.29 is 0 Å². The molecule has 1 heterocycles. The topological polar surface area (TPSA) is 12.4 Å². The highest BCUT2D eigenvalue weighted by Gasteiger charge is 2.35. The van der Waals surface area contributed by atoms with E-state index in [4.69, 9.17) is 0 Å². The Kier molecular flexibility index (Phi) is 2.03. The second kappa shape index (κ2) is 3.09. The molecule has 1 heteroatoms. The molecule has 1 aromatic rings. The maximum atomic E-state index is 4.59. The van der Waals surface area contributed by atoms with Gasteiger partial charge in [0.1, 0.15) is 0 Å². The number of aliphatic imine (C=N–C) groups is 1. The number of fused-ring (bicyclic) bond motifs is 1. The molecule has 1 aliphatic rings. The molecule has 0 aliphatic carbocycles. The van der Waals surface area contributed by atoms with Crippen LogP contribution in [0.15, 0.2) is 41.9 Å². The highest BCUT2D eigenvalue weighted by atomic mass is 14.8. The molecule has 1 aliphatic heterocycles. The van der Waals surface area contributed by atoms with Crippen LogP contribution >= 0.6 is 0 Å². The molecule has 0 N–H and O–H groups in total. The van der Waals surface area contributed by atoms with Crippen molar-refractivity contribution in [3.8, 4) is 0 Å². The lowest BCUT2D eigenvalue weighted by Crippen LogP contribution is -2.26. The van der Waals surface area contributed by atoms with Crippen molar-refractivity contribution in [2.24, 2.45) is 4.99 Å². The Bertz CT molecular complexity index is 403. The summed E-state index contributed by atoms with van der Waals surface area (Å²) in [5.74, 6) is 0. The molecule has 1 nitrogen and oxygen atoms in total. The molecule has 0 saturated carbocycles. The van der Waals surface area contributed by atoms with Crippen LogP contribution in [0.3, 0.4) is 0 Å². The maximum Gasteiger partial charge on any atom is 0.0670 e. The molecular formula is C13H15N. The molecule has 2 rings (SSSR count). The summed E-state index contributed by atoms with van der Waals surface area (Å²) < 4.78 is 0. The molecule has 1 unspecified atom stereocenters. The molecule has 0 aromatic heterocycles. The van der Waals surface area contributed by atoms with Crippen molar-refractivity contribution >= 4 is 11.4 Å². The van der Waals surface area contributed by atoms with Gasteiger partial charge in [-0.1, -0.05) is 24.3 Å². The number of rotatable bonds is 2. The monoisotopic (exact) mass is 185 g/mol. The number of hydrogen-bond acceptors (Lipinski definition) is 1. The van der Waals surface area contributed by atoms with Gasteiger partial charge in [-0.25, -0.2) is 0 Å². The average Bonchev–Trinajstić information content (AvgIpc) is 2.41. The zero-order chi connectivity index (χ0) is 10.2. The van der Waals surface area contributed by atoms with Gasteiger partial charge < -0.3 is 0 Å². The highest BCUT2D eigenvalue weighted by molar-refractivity contribution is 5.99. The van der Waals surface area contributed by atoms with Crippen molar-refractivity contribution in [1.29, 1.82) is 0 Å². The van der Waals surface area contributed by atoms with E-state index in [0.29, 0.717) is 0 Å². The van der Waals surface area contributed by atoms with Gasteiger partial charge in [0.25, 0.3) is 0 Å². The molecule has 0 radical (unpaired) electrons. The maximum absolute atomic E-state index is 4.59. The van der Waals surface area contributed by atoms with Crippen molar-refractivity contribution in [1.82, 2.24) is 0 Å². The molecule has 14 heavy (non-hydrogen) atoms. The molecule has 0 amide bonds. The summed E-state index contributed by atoms with van der Waals surface area (Å²) in [5.41, 5.74) is 3.71. The van der Waals surface area contributed by atoms with Crippen molar-refractivity contribution in [3.63, 3.8) is 0 Å². The zero-order valence-corrected chi connectivity index (χ0v) is 8.75. The van der Waals surface area contributed by atoms with E-state index in [2.05, 4.69) is 43.6 Å². The minimum Gasteiger partial charge on any atom is -0.257 e. The number of allylic oxidation sites excluding steroid dienone is 1. The van der Waals surface area contributed by atoms with Crippen LogP contribution < -0.4 is 0 Å². The van der Waals surface area contributed by atoms with Crippen molar-refractivity contribution in [2.45, 2.75) is 25.7 Å². The van der Waals surface area contributed by atoms with E-state index in [9.17, 15) is 0 Å². The summed E-state index contributed by atoms with van der Waals surface area (Å²) in [6.07, 6.45) is 2.93. The fourth-order valence-electron chi connectivity index (χ4n) is 2.08. The zero-order valence-electron chi connectivity index (χ0n) is 8.75. The first kappa shape index (κ1) is 9.20. The second-order valence-electron chi connectivity index (χ2n) is 4.04. The predicted molar refractivity (Wildman–Crippen MR) is 61.4 cm³/mol. The fourth-order valence-corrected chi connectivity index (χ4v) is 2.08. The van der Waals surface area contributed by atoms with Gasteiger partial charge >= 0.3 is 0 Å². The normalized spacial score (nSPS) is 24.3. The third-order valence-electron chi connectivity index (χ3n) is 3.14. The number of nitrogens with zero attached hydrogens (tertiary/aromatic N) is 1. The Morgan fingerprint density at radius 2 is 2.14 bits per heavy atom. The summed E-state index contributed by atoms with van der Waals surface area (Å²) >= 11 is 0. The first-order valence-corrected chi connectivity index (χ1v) is 4.94. The number of benzene rings is 1. The largest absolute Gasteiger partial charge is 0.257 e. The van der Waals surface area contributed by atoms with Crippen LogP contribution in [0, 0.1) is 0 Å². The van der Waals surface area contributed by atoms with Crippen LogP contribution in [0.1, 0.15) is 25.8 Å². The van der Waals surface area contributed by atoms with Gasteiger partial charge in [-0.05, 0) is 31.9 Å². The highest BCUT2D eigenvalue weighted by Crippen LogP contribution is 2.42. The molecule has 0 bridgehead atoms. The first-order chi connectivity index (χ1) is 6.68. The van der Waals surface area contributed by atoms with Crippen LogP contribution in [-0.4, -0.2) is 5.71 Å². The van der Waals surface area contributed by atoms with E-state index in [1.54, 1.807) is 0 Å². The van der Waals surface area contributed by atoms with E-state index in [1.165, 1.54) is 11.3 Å². The van der Waals surface area contributed by atoms with Crippen LogP contribution in [0.25, 0.3) is 0 Å². The lowest BCUT2D eigenvalue weighted by molar-refractivity contribution is 0.662. The van der Waals surface area contributed by atoms with Gasteiger partial charge in [-0.3, -0.25) is 4.99 Å². The van der Waals surface area contributed by atoms with Gasteiger partial charge in [0.05, 0.1) is 5.69 Å². The van der Waals surface area contributed by atoms with Gasteiger partial charge in [-0.15, -0.1) is 6.58 Å². The molecule has 0 fully saturated rings. The first-order valence-electron chi connectivity index (χ1n) is 4.94. The quantitative estimate of drug-likeness (QED) is 0.624. The third kappa shape index (κ3) is 1.12. The Hall–Kier alpha value is -1.37. The van der Waals surface area contributed by atoms with E-state index in [1.807, 2.05) is 12.1 Å². The summed E-state index contributed by atoms with van der Waals surface area (Å²) in [5, 5.41) is 0. The van der Waals surface area contributed by atoms with Crippen LogP contribution in [0.4, 0.5) is 5.69 Å². The predicted octanol–water partition coefficient (Wildman–Crippen LogP) is 3.63. The lowest BCUT2D eigenvalue weighted by Gasteiger charge is -2.24. The number of para-hydroxylation sites is 1. The summed E-state index contributed by atoms with van der Waals surface area (Å²) in [4.78, 5) is 4.59. The summed E-state index contributed by atoms with van der Waals surface area (Å²) in [6, 6.07) is 8.36. The summed E-state index contributed by atoms with van der Waals surface area (Å²) in [6.45, 7) is 8.16. The van der Waals surface area contributed by atoms with Gasteiger partial charge in [0, 0.05) is 11.1 Å². The standard InChI is InChI=1S/C13H15N/c1-4-9-13(3)10(2)14-12-8-6-5-7-11(12)13/h4-8H,1,9H2,2-3H3. The minimum absolute atomic E-state index is 0.0678. The molecule has 72 valence electrons. The molecule has 0 spiro atoms. The van der Waals surface area contributed by atoms with Crippen molar-refractivity contribution in [3.05, 3.63) is 42.5 Å². The average molecular weight is 185 g/mol. The van der Waals surface area contributed by atoms with E-state index in [-0.39, 0.29) is 5.41 Å². The fraction of sp³-hybridized carbons (Fsp3) is 0.308. The Morgan fingerprint density at radius 1 is 1.43 bits per heavy atom. The van der Waals surface area contributed by atoms with E-state index in [0.717, 1.165) is 12.1 Å². The molecular weight excluding hydrogens is 170 g/mol. The van der Waals surface area contributed by atoms with E-state index >= 15 is 0 Å². The smallest absolute Gasteiger partial charge is 0.0670 e. The van der Waals surface area contributed by atoms with Gasteiger partial charge in [-0.2, -0.15) is 0 Å². The Labute approximate surface area is 85.2 Å². The Balaban J connectivity index is 2.55. The molecule has 0 saturated heterocycles. The lowest BCUT2D eigenvalue weighted by atomic mass is 9.77.